The van der Waals surface area contributed by atoms with E-state index in [1.165, 1.54) is 20.1 Å². The maximum atomic E-state index is 12.3. The Hall–Kier alpha value is -3.05. The normalized spacial score (nSPS) is 15.6. The summed E-state index contributed by atoms with van der Waals surface area (Å²) in [7, 11) is -3.44. The van der Waals surface area contributed by atoms with Crippen LogP contribution < -0.4 is 0 Å². The van der Waals surface area contributed by atoms with E-state index < -0.39 is 53.1 Å². The van der Waals surface area contributed by atoms with Gasteiger partial charge in [0.05, 0.1) is 26.4 Å². The van der Waals surface area contributed by atoms with E-state index in [9.17, 15) is 9.59 Å². The maximum Gasteiger partial charge on any atom is 0.330 e. The molecule has 0 unspecified atom stereocenters. The summed E-state index contributed by atoms with van der Waals surface area (Å²) < 4.78 is 37.4. The van der Waals surface area contributed by atoms with Crippen LogP contribution in [0.5, 0.6) is 0 Å². The van der Waals surface area contributed by atoms with Gasteiger partial charge in [-0.25, -0.2) is 4.79 Å². The molecule has 10 heteroatoms. The fraction of sp³-hybridized carbons (Fsp3) is 0.561. The van der Waals surface area contributed by atoms with Crippen LogP contribution in [-0.2, 0) is 50.6 Å². The standard InChI is InChI=1S/C41H62O8Si2/c1-31(47-32(2)42)38(46-30-34-22-18-15-19-23-34)28-35(48-50(10,11)40(3,4)5)24-25-37(49-51(12,13)41(6,7)8)36(26-27-39(43)44-9)45-29-33-20-16-14-17-21-33/h14-23,26-27,31,35-38H,28-30H2,1-13H3/b27-26-/t31-,35+,36-,37-,38+/m0/s1. The quantitative estimate of drug-likeness (QED) is 0.0688. The molecule has 2 rings (SSSR count). The van der Waals surface area contributed by atoms with Crippen LogP contribution in [0.15, 0.2) is 72.8 Å². The summed E-state index contributed by atoms with van der Waals surface area (Å²) in [5, 5.41) is -0.230. The highest BCUT2D eigenvalue weighted by molar-refractivity contribution is 6.74. The summed E-state index contributed by atoms with van der Waals surface area (Å²) in [6.45, 7) is 25.6. The van der Waals surface area contributed by atoms with Crippen molar-refractivity contribution in [1.82, 2.24) is 0 Å². The van der Waals surface area contributed by atoms with Gasteiger partial charge in [-0.15, -0.1) is 0 Å². The van der Waals surface area contributed by atoms with Gasteiger partial charge in [-0.3, -0.25) is 4.79 Å². The molecule has 0 N–H and O–H groups in total. The van der Waals surface area contributed by atoms with E-state index in [0.717, 1.165) is 11.1 Å². The van der Waals surface area contributed by atoms with Crippen molar-refractivity contribution in [2.24, 2.45) is 0 Å². The molecule has 8 nitrogen and oxygen atoms in total. The minimum Gasteiger partial charge on any atom is -0.466 e. The first-order valence-electron chi connectivity index (χ1n) is 17.8. The Kier molecular flexibility index (Phi) is 17.0. The number of carbonyl (C=O) groups is 2. The van der Waals surface area contributed by atoms with Crippen molar-refractivity contribution in [2.75, 3.05) is 7.11 Å². The van der Waals surface area contributed by atoms with Gasteiger partial charge >= 0.3 is 11.9 Å². The molecule has 0 aliphatic carbocycles. The zero-order valence-electron chi connectivity index (χ0n) is 33.2. The smallest absolute Gasteiger partial charge is 0.330 e. The number of ether oxygens (including phenoxy) is 4. The number of esters is 2. The highest BCUT2D eigenvalue weighted by Crippen LogP contribution is 2.39. The third-order valence-corrected chi connectivity index (χ3v) is 18.6. The van der Waals surface area contributed by atoms with Crippen LogP contribution in [0.4, 0.5) is 0 Å². The van der Waals surface area contributed by atoms with Gasteiger partial charge in [-0.2, -0.15) is 0 Å². The predicted molar refractivity (Wildman–Crippen MR) is 209 cm³/mol. The third-order valence-electron chi connectivity index (χ3n) is 9.69. The topological polar surface area (TPSA) is 89.5 Å². The molecule has 0 saturated carbocycles. The Morgan fingerprint density at radius 2 is 1.25 bits per heavy atom. The Labute approximate surface area is 309 Å². The lowest BCUT2D eigenvalue weighted by Gasteiger charge is -2.40. The summed E-state index contributed by atoms with van der Waals surface area (Å²) >= 11 is 0. The van der Waals surface area contributed by atoms with Crippen LogP contribution in [0.2, 0.25) is 36.3 Å². The summed E-state index contributed by atoms with van der Waals surface area (Å²) in [6, 6.07) is 19.7. The summed E-state index contributed by atoms with van der Waals surface area (Å²) in [5.41, 5.74) is 1.98. The molecule has 0 aromatic heterocycles. The Bertz CT molecular complexity index is 1450. The minimum absolute atomic E-state index is 0.101. The number of rotatable bonds is 17. The van der Waals surface area contributed by atoms with Crippen molar-refractivity contribution in [2.45, 2.75) is 142 Å². The fourth-order valence-electron chi connectivity index (χ4n) is 4.49. The second-order valence-corrected chi connectivity index (χ2v) is 25.5. The highest BCUT2D eigenvalue weighted by atomic mass is 28.4. The number of hydrogen-bond acceptors (Lipinski definition) is 8. The molecule has 0 amide bonds. The molecular formula is C41H62O8Si2. The Morgan fingerprint density at radius 3 is 1.73 bits per heavy atom. The van der Waals surface area contributed by atoms with Gasteiger partial charge in [0.15, 0.2) is 16.6 Å². The molecule has 51 heavy (non-hydrogen) atoms. The lowest BCUT2D eigenvalue weighted by molar-refractivity contribution is -0.155. The van der Waals surface area contributed by atoms with Gasteiger partial charge in [0.1, 0.15) is 24.4 Å². The zero-order chi connectivity index (χ0) is 38.5. The first-order valence-corrected chi connectivity index (χ1v) is 23.6. The number of hydrogen-bond donors (Lipinski definition) is 0. The minimum atomic E-state index is -2.42. The first kappa shape index (κ1) is 44.1. The van der Waals surface area contributed by atoms with Crippen LogP contribution in [0, 0.1) is 11.8 Å². The lowest BCUT2D eigenvalue weighted by atomic mass is 10.1. The molecule has 2 aromatic carbocycles. The van der Waals surface area contributed by atoms with Crippen molar-refractivity contribution in [3.05, 3.63) is 83.9 Å². The van der Waals surface area contributed by atoms with Crippen molar-refractivity contribution >= 4 is 28.6 Å². The molecule has 2 aromatic rings. The number of carbonyl (C=O) groups excluding carboxylic acids is 2. The Balaban J connectivity index is 2.67. The monoisotopic (exact) mass is 738 g/mol. The zero-order valence-corrected chi connectivity index (χ0v) is 35.2. The number of benzene rings is 2. The molecule has 0 aliphatic rings. The first-order chi connectivity index (χ1) is 23.6. The van der Waals surface area contributed by atoms with E-state index in [-0.39, 0.29) is 22.7 Å². The van der Waals surface area contributed by atoms with Crippen molar-refractivity contribution in [3.63, 3.8) is 0 Å². The molecule has 0 heterocycles. The lowest BCUT2D eigenvalue weighted by Crippen LogP contribution is -2.47. The molecule has 282 valence electrons. The van der Waals surface area contributed by atoms with Gasteiger partial charge in [-0.1, -0.05) is 114 Å². The van der Waals surface area contributed by atoms with Crippen LogP contribution in [0.1, 0.15) is 72.9 Å². The van der Waals surface area contributed by atoms with Crippen LogP contribution in [0.25, 0.3) is 0 Å². The SMILES string of the molecule is COC(=O)/C=C\[C@H](OCc1ccccc1)[C@H](C#C[C@H](C[C@@H](OCc1ccccc1)[C@H](C)OC(C)=O)O[Si](C)(C)C(C)(C)C)O[Si](C)(C)C(C)(C)C. The average Bonchev–Trinajstić information content (AvgIpc) is 3.04. The van der Waals surface area contributed by atoms with E-state index in [2.05, 4.69) is 79.6 Å². The maximum absolute atomic E-state index is 12.3. The molecular weight excluding hydrogens is 677 g/mol. The second kappa shape index (κ2) is 19.7. The van der Waals surface area contributed by atoms with Gasteiger partial charge in [-0.05, 0) is 60.4 Å². The van der Waals surface area contributed by atoms with Crippen LogP contribution in [-0.4, -0.2) is 66.2 Å². The fourth-order valence-corrected chi connectivity index (χ4v) is 6.89. The van der Waals surface area contributed by atoms with Gasteiger partial charge in [0.2, 0.25) is 0 Å². The van der Waals surface area contributed by atoms with E-state index >= 15 is 0 Å². The third kappa shape index (κ3) is 15.2. The largest absolute Gasteiger partial charge is 0.466 e. The number of methoxy groups -OCH3 is 1. The van der Waals surface area contributed by atoms with Gasteiger partial charge < -0.3 is 27.8 Å². The van der Waals surface area contributed by atoms with Crippen molar-refractivity contribution < 1.29 is 37.4 Å². The molecule has 0 aliphatic heterocycles. The van der Waals surface area contributed by atoms with E-state index in [0.29, 0.717) is 13.0 Å². The molecule has 0 saturated heterocycles. The summed E-state index contributed by atoms with van der Waals surface area (Å²) in [6.07, 6.45) is 0.275. The molecule has 5 atom stereocenters. The van der Waals surface area contributed by atoms with Crippen LogP contribution in [0.3, 0.4) is 0 Å². The van der Waals surface area contributed by atoms with E-state index in [1.807, 2.05) is 67.6 Å². The van der Waals surface area contributed by atoms with Crippen LogP contribution >= 0.6 is 0 Å². The predicted octanol–water partition coefficient (Wildman–Crippen LogP) is 9.01. The van der Waals surface area contributed by atoms with Gasteiger partial charge in [0.25, 0.3) is 0 Å². The highest BCUT2D eigenvalue weighted by Gasteiger charge is 2.42. The van der Waals surface area contributed by atoms with Crippen molar-refractivity contribution in [1.29, 1.82) is 0 Å². The average molecular weight is 739 g/mol. The molecule has 0 bridgehead atoms. The molecule has 0 spiro atoms. The van der Waals surface area contributed by atoms with Gasteiger partial charge in [0, 0.05) is 19.4 Å². The van der Waals surface area contributed by atoms with Crippen molar-refractivity contribution in [3.8, 4) is 11.8 Å². The summed E-state index contributed by atoms with van der Waals surface area (Å²) in [4.78, 5) is 24.4. The Morgan fingerprint density at radius 1 is 0.765 bits per heavy atom. The molecule has 0 radical (unpaired) electrons. The van der Waals surface area contributed by atoms with E-state index in [4.69, 9.17) is 27.8 Å². The molecule has 0 fully saturated rings. The second-order valence-electron chi connectivity index (χ2n) is 16.0. The summed E-state index contributed by atoms with van der Waals surface area (Å²) in [5.74, 6) is 5.99. The van der Waals surface area contributed by atoms with E-state index in [1.54, 1.807) is 6.08 Å².